The van der Waals surface area contributed by atoms with Crippen LogP contribution in [0.1, 0.15) is 0 Å². The van der Waals surface area contributed by atoms with Crippen molar-refractivity contribution in [3.8, 4) is 22.4 Å². The Morgan fingerprint density at radius 3 is 2.55 bits per heavy atom. The Balaban J connectivity index is 2.24. The fourth-order valence-electron chi connectivity index (χ4n) is 2.14. The number of nitrogens with one attached hydrogen (secondary N) is 1. The van der Waals surface area contributed by atoms with Crippen LogP contribution in [-0.4, -0.2) is 10.2 Å². The van der Waals surface area contributed by atoms with E-state index in [0.717, 1.165) is 5.56 Å². The van der Waals surface area contributed by atoms with Crippen molar-refractivity contribution in [1.29, 1.82) is 0 Å². The molecule has 0 unspecified atom stereocenters. The number of hydrogen-bond donors (Lipinski definition) is 2. The van der Waals surface area contributed by atoms with Crippen molar-refractivity contribution in [3.05, 3.63) is 59.4 Å². The first-order valence-corrected chi connectivity index (χ1v) is 6.40. The van der Waals surface area contributed by atoms with Crippen molar-refractivity contribution >= 4 is 17.4 Å². The lowest BCUT2D eigenvalue weighted by molar-refractivity contribution is 0.631. The van der Waals surface area contributed by atoms with Gasteiger partial charge in [0.1, 0.15) is 0 Å². The highest BCUT2D eigenvalue weighted by Gasteiger charge is 2.18. The highest BCUT2D eigenvalue weighted by atomic mass is 35.5. The molecule has 0 aliphatic rings. The van der Waals surface area contributed by atoms with Crippen LogP contribution >= 0.6 is 11.6 Å². The number of benzene rings is 2. The van der Waals surface area contributed by atoms with Crippen LogP contribution in [0.2, 0.25) is 5.02 Å². The van der Waals surface area contributed by atoms with Crippen LogP contribution in [0.5, 0.6) is 0 Å². The Bertz CT molecular complexity index is 753. The predicted octanol–water partition coefficient (Wildman–Crippen LogP) is 4.12. The van der Waals surface area contributed by atoms with Crippen LogP contribution in [-0.2, 0) is 0 Å². The lowest BCUT2D eigenvalue weighted by Gasteiger charge is -2.06. The summed E-state index contributed by atoms with van der Waals surface area (Å²) in [6.45, 7) is 0. The number of nitrogens with two attached hydrogens (primary N) is 1. The van der Waals surface area contributed by atoms with Crippen molar-refractivity contribution in [1.82, 2.24) is 10.2 Å². The summed E-state index contributed by atoms with van der Waals surface area (Å²) >= 11 is 5.83. The van der Waals surface area contributed by atoms with Crippen LogP contribution in [0.4, 0.5) is 10.2 Å². The minimum absolute atomic E-state index is 0.0645. The fourth-order valence-corrected chi connectivity index (χ4v) is 2.32. The van der Waals surface area contributed by atoms with Crippen molar-refractivity contribution in [3.63, 3.8) is 0 Å². The molecular formula is C15H11ClFN3. The smallest absolute Gasteiger partial charge is 0.153 e. The summed E-state index contributed by atoms with van der Waals surface area (Å²) in [5.41, 5.74) is 8.31. The lowest BCUT2D eigenvalue weighted by Crippen LogP contribution is -1.90. The number of aromatic nitrogens is 2. The van der Waals surface area contributed by atoms with E-state index in [2.05, 4.69) is 10.2 Å². The quantitative estimate of drug-likeness (QED) is 0.745. The van der Waals surface area contributed by atoms with E-state index < -0.39 is 5.82 Å². The van der Waals surface area contributed by atoms with E-state index in [4.69, 9.17) is 17.3 Å². The molecule has 3 rings (SSSR count). The summed E-state index contributed by atoms with van der Waals surface area (Å²) in [6, 6.07) is 14.3. The van der Waals surface area contributed by atoms with Gasteiger partial charge in [-0.1, -0.05) is 48.0 Å². The third kappa shape index (κ3) is 2.04. The van der Waals surface area contributed by atoms with Crippen molar-refractivity contribution in [2.45, 2.75) is 0 Å². The zero-order valence-corrected chi connectivity index (χ0v) is 11.2. The molecule has 0 aliphatic carbocycles. The molecule has 5 heteroatoms. The first kappa shape index (κ1) is 12.7. The number of aromatic amines is 1. The largest absolute Gasteiger partial charge is 0.382 e. The molecule has 3 aromatic rings. The lowest BCUT2D eigenvalue weighted by atomic mass is 10.0. The zero-order valence-electron chi connectivity index (χ0n) is 10.4. The number of nitrogens with zero attached hydrogens (tertiary/aromatic N) is 1. The second kappa shape index (κ2) is 4.98. The molecule has 3 nitrogen and oxygen atoms in total. The minimum atomic E-state index is -0.491. The number of hydrogen-bond acceptors (Lipinski definition) is 2. The number of anilines is 1. The first-order chi connectivity index (χ1) is 9.68. The Kier molecular flexibility index (Phi) is 3.16. The third-order valence-corrected chi connectivity index (χ3v) is 3.37. The summed E-state index contributed by atoms with van der Waals surface area (Å²) in [4.78, 5) is 0. The van der Waals surface area contributed by atoms with E-state index in [9.17, 15) is 4.39 Å². The highest BCUT2D eigenvalue weighted by molar-refractivity contribution is 6.31. The molecule has 100 valence electrons. The maximum atomic E-state index is 14.2. The van der Waals surface area contributed by atoms with Gasteiger partial charge >= 0.3 is 0 Å². The van der Waals surface area contributed by atoms with Crippen LogP contribution in [0.3, 0.4) is 0 Å². The van der Waals surface area contributed by atoms with Crippen molar-refractivity contribution in [2.75, 3.05) is 5.73 Å². The Hall–Kier alpha value is -2.33. The van der Waals surface area contributed by atoms with Gasteiger partial charge in [0.2, 0.25) is 0 Å². The van der Waals surface area contributed by atoms with E-state index in [1.54, 1.807) is 12.1 Å². The maximum Gasteiger partial charge on any atom is 0.153 e. The SMILES string of the molecule is Nc1n[nH]c(-c2cccc(Cl)c2F)c1-c1ccccc1. The fraction of sp³-hybridized carbons (Fsp3) is 0. The first-order valence-electron chi connectivity index (χ1n) is 6.02. The Morgan fingerprint density at radius 2 is 1.80 bits per heavy atom. The molecule has 0 spiro atoms. The topological polar surface area (TPSA) is 54.7 Å². The third-order valence-electron chi connectivity index (χ3n) is 3.08. The number of halogens is 2. The summed E-state index contributed by atoms with van der Waals surface area (Å²) in [5.74, 6) is -0.166. The second-order valence-electron chi connectivity index (χ2n) is 4.33. The maximum absolute atomic E-state index is 14.2. The van der Waals surface area contributed by atoms with Gasteiger partial charge in [0.05, 0.1) is 16.3 Å². The van der Waals surface area contributed by atoms with Gasteiger partial charge in [-0.15, -0.1) is 0 Å². The molecule has 20 heavy (non-hydrogen) atoms. The van der Waals surface area contributed by atoms with E-state index in [0.29, 0.717) is 22.6 Å². The van der Waals surface area contributed by atoms with Gasteiger partial charge in [-0.25, -0.2) is 4.39 Å². The molecule has 0 amide bonds. The number of rotatable bonds is 2. The molecule has 0 radical (unpaired) electrons. The van der Waals surface area contributed by atoms with Gasteiger partial charge in [0, 0.05) is 5.56 Å². The summed E-state index contributed by atoms with van der Waals surface area (Å²) in [6.07, 6.45) is 0. The summed E-state index contributed by atoms with van der Waals surface area (Å²) in [7, 11) is 0. The van der Waals surface area contributed by atoms with Gasteiger partial charge in [0.25, 0.3) is 0 Å². The molecule has 1 heterocycles. The van der Waals surface area contributed by atoms with Crippen LogP contribution in [0.25, 0.3) is 22.4 Å². The molecule has 3 N–H and O–H groups in total. The van der Waals surface area contributed by atoms with Gasteiger partial charge in [0.15, 0.2) is 11.6 Å². The zero-order chi connectivity index (χ0) is 14.1. The summed E-state index contributed by atoms with van der Waals surface area (Å²) < 4.78 is 14.2. The Labute approximate surface area is 120 Å². The average Bonchev–Trinajstić information content (AvgIpc) is 2.84. The Morgan fingerprint density at radius 1 is 1.05 bits per heavy atom. The molecular weight excluding hydrogens is 277 g/mol. The molecule has 0 saturated heterocycles. The highest BCUT2D eigenvalue weighted by Crippen LogP contribution is 2.36. The molecule has 0 atom stereocenters. The summed E-state index contributed by atoms with van der Waals surface area (Å²) in [5, 5.41) is 6.83. The van der Waals surface area contributed by atoms with Crippen molar-refractivity contribution < 1.29 is 4.39 Å². The van der Waals surface area contributed by atoms with E-state index in [1.807, 2.05) is 30.3 Å². The predicted molar refractivity (Wildman–Crippen MR) is 78.8 cm³/mol. The van der Waals surface area contributed by atoms with Gasteiger partial charge in [-0.3, -0.25) is 5.10 Å². The van der Waals surface area contributed by atoms with Gasteiger partial charge < -0.3 is 5.73 Å². The van der Waals surface area contributed by atoms with E-state index >= 15 is 0 Å². The molecule has 0 fully saturated rings. The van der Waals surface area contributed by atoms with Gasteiger partial charge in [-0.2, -0.15) is 5.10 Å². The average molecular weight is 288 g/mol. The number of nitrogen functional groups attached to an aromatic ring is 1. The van der Waals surface area contributed by atoms with Gasteiger partial charge in [-0.05, 0) is 17.7 Å². The molecule has 0 saturated carbocycles. The van der Waals surface area contributed by atoms with Crippen LogP contribution in [0.15, 0.2) is 48.5 Å². The normalized spacial score (nSPS) is 10.7. The second-order valence-corrected chi connectivity index (χ2v) is 4.73. The van der Waals surface area contributed by atoms with Crippen LogP contribution in [0, 0.1) is 5.82 Å². The number of H-pyrrole nitrogens is 1. The molecule has 0 bridgehead atoms. The molecule has 2 aromatic carbocycles. The van der Waals surface area contributed by atoms with Crippen molar-refractivity contribution in [2.24, 2.45) is 0 Å². The van der Waals surface area contributed by atoms with E-state index in [1.165, 1.54) is 6.07 Å². The standard InChI is InChI=1S/C15H11ClFN3/c16-11-8-4-7-10(13(11)17)14-12(15(18)20-19-14)9-5-2-1-3-6-9/h1-8H,(H3,18,19,20). The van der Waals surface area contributed by atoms with E-state index in [-0.39, 0.29) is 5.02 Å². The monoisotopic (exact) mass is 287 g/mol. The molecule has 1 aromatic heterocycles. The molecule has 0 aliphatic heterocycles. The van der Waals surface area contributed by atoms with Crippen LogP contribution < -0.4 is 5.73 Å². The minimum Gasteiger partial charge on any atom is -0.382 e.